The Morgan fingerprint density at radius 3 is 2.45 bits per heavy atom. The first-order chi connectivity index (χ1) is 15.0. The van der Waals surface area contributed by atoms with Gasteiger partial charge < -0.3 is 4.74 Å². The first-order valence-electron chi connectivity index (χ1n) is 9.29. The van der Waals surface area contributed by atoms with Crippen molar-refractivity contribution in [1.29, 1.82) is 0 Å². The first-order valence-corrected chi connectivity index (χ1v) is 9.67. The number of fused-ring (bicyclic) bond motifs is 2. The molecule has 0 radical (unpaired) electrons. The van der Waals surface area contributed by atoms with Crippen LogP contribution in [0.2, 0.25) is 5.02 Å². The normalized spacial score (nSPS) is 11.2. The molecule has 0 spiro atoms. The van der Waals surface area contributed by atoms with Gasteiger partial charge >= 0.3 is 0 Å². The number of nitro groups is 1. The fourth-order valence-corrected chi connectivity index (χ4v) is 3.70. The molecule has 0 bridgehead atoms. The summed E-state index contributed by atoms with van der Waals surface area (Å²) >= 11 is 6.37. The van der Waals surface area contributed by atoms with E-state index in [4.69, 9.17) is 21.3 Å². The predicted octanol–water partition coefficient (Wildman–Crippen LogP) is 5.21. The number of benzene rings is 3. The Balaban J connectivity index is 1.84. The zero-order valence-corrected chi connectivity index (χ0v) is 16.9. The summed E-state index contributed by atoms with van der Waals surface area (Å²) in [5.74, 6) is 0.999. The minimum atomic E-state index is -0.439. The van der Waals surface area contributed by atoms with Crippen molar-refractivity contribution < 1.29 is 9.66 Å². The van der Waals surface area contributed by atoms with E-state index in [-0.39, 0.29) is 5.69 Å². The van der Waals surface area contributed by atoms with E-state index in [1.165, 1.54) is 12.1 Å². The van der Waals surface area contributed by atoms with Gasteiger partial charge in [0, 0.05) is 17.7 Å². The number of halogens is 1. The summed E-state index contributed by atoms with van der Waals surface area (Å²) in [5.41, 5.74) is 3.56. The lowest BCUT2D eigenvalue weighted by molar-refractivity contribution is -0.384. The Hall–Kier alpha value is -4.04. The standard InChI is InChI=1S/C22H14ClN5O3/c1-31-19-10-9-14(12-16(19)23)27-21(13-5-4-6-15(11-13)28(29)30)26-20-22(27)25-18-8-3-2-7-17(18)24-20/h2-12H,1H3. The van der Waals surface area contributed by atoms with Crippen LogP contribution >= 0.6 is 11.6 Å². The molecule has 0 N–H and O–H groups in total. The second-order valence-corrected chi connectivity index (χ2v) is 7.16. The van der Waals surface area contributed by atoms with Crippen LogP contribution in [0.25, 0.3) is 39.4 Å². The molecule has 152 valence electrons. The van der Waals surface area contributed by atoms with Crippen LogP contribution in [0.1, 0.15) is 0 Å². The van der Waals surface area contributed by atoms with Crippen LogP contribution in [0.5, 0.6) is 5.75 Å². The van der Waals surface area contributed by atoms with Gasteiger partial charge in [-0.3, -0.25) is 14.7 Å². The fraction of sp³-hybridized carbons (Fsp3) is 0.0455. The summed E-state index contributed by atoms with van der Waals surface area (Å²) in [6.45, 7) is 0. The highest BCUT2D eigenvalue weighted by atomic mass is 35.5. The monoisotopic (exact) mass is 431 g/mol. The molecule has 5 rings (SSSR count). The fourth-order valence-electron chi connectivity index (χ4n) is 3.45. The number of ether oxygens (including phenoxy) is 1. The molecule has 31 heavy (non-hydrogen) atoms. The average molecular weight is 432 g/mol. The third-order valence-electron chi connectivity index (χ3n) is 4.88. The van der Waals surface area contributed by atoms with E-state index in [9.17, 15) is 10.1 Å². The molecule has 0 amide bonds. The van der Waals surface area contributed by atoms with E-state index in [0.717, 1.165) is 0 Å². The molecule has 0 aliphatic heterocycles. The van der Waals surface area contributed by atoms with Crippen molar-refractivity contribution in [3.8, 4) is 22.8 Å². The summed E-state index contributed by atoms with van der Waals surface area (Å²) in [5, 5.41) is 11.7. The third-order valence-corrected chi connectivity index (χ3v) is 5.17. The van der Waals surface area contributed by atoms with Crippen molar-refractivity contribution in [1.82, 2.24) is 19.5 Å². The Bertz CT molecular complexity index is 1480. The number of methoxy groups -OCH3 is 1. The highest BCUT2D eigenvalue weighted by molar-refractivity contribution is 6.32. The number of nitro benzene ring substituents is 1. The molecule has 0 unspecified atom stereocenters. The molecule has 5 aromatic rings. The molecule has 8 nitrogen and oxygen atoms in total. The van der Waals surface area contributed by atoms with Crippen LogP contribution < -0.4 is 4.74 Å². The number of imidazole rings is 1. The Labute approximate surface area is 180 Å². The SMILES string of the molecule is COc1ccc(-n2c(-c3cccc([N+](=O)[O-])c3)nc3nc4ccccc4nc32)cc1Cl. The van der Waals surface area contributed by atoms with Gasteiger partial charge in [-0.1, -0.05) is 35.9 Å². The first kappa shape index (κ1) is 19.0. The third kappa shape index (κ3) is 3.23. The smallest absolute Gasteiger partial charge is 0.270 e. The molecule has 0 aliphatic carbocycles. The Kier molecular flexibility index (Phi) is 4.48. The van der Waals surface area contributed by atoms with E-state index < -0.39 is 4.92 Å². The average Bonchev–Trinajstić information content (AvgIpc) is 3.15. The molecule has 0 saturated carbocycles. The molecule has 0 fully saturated rings. The van der Waals surface area contributed by atoms with Gasteiger partial charge in [-0.15, -0.1) is 0 Å². The molecule has 0 saturated heterocycles. The number of non-ortho nitro benzene ring substituents is 1. The predicted molar refractivity (Wildman–Crippen MR) is 118 cm³/mol. The second-order valence-electron chi connectivity index (χ2n) is 6.76. The highest BCUT2D eigenvalue weighted by Gasteiger charge is 2.20. The Morgan fingerprint density at radius 1 is 0.968 bits per heavy atom. The van der Waals surface area contributed by atoms with Crippen molar-refractivity contribution in [3.05, 3.63) is 81.9 Å². The van der Waals surface area contributed by atoms with Gasteiger partial charge in [0.1, 0.15) is 11.6 Å². The number of para-hydroxylation sites is 2. The highest BCUT2D eigenvalue weighted by Crippen LogP contribution is 2.33. The number of nitrogens with zero attached hydrogens (tertiary/aromatic N) is 5. The molecular formula is C22H14ClN5O3. The van der Waals surface area contributed by atoms with Gasteiger partial charge in [0.2, 0.25) is 0 Å². The molecular weight excluding hydrogens is 418 g/mol. The summed E-state index contributed by atoms with van der Waals surface area (Å²) in [7, 11) is 1.54. The number of hydrogen-bond acceptors (Lipinski definition) is 6. The van der Waals surface area contributed by atoms with Crippen LogP contribution in [0.4, 0.5) is 5.69 Å². The maximum Gasteiger partial charge on any atom is 0.270 e. The second kappa shape index (κ2) is 7.33. The maximum absolute atomic E-state index is 11.3. The molecule has 9 heteroatoms. The van der Waals surface area contributed by atoms with E-state index in [2.05, 4.69) is 9.97 Å². The molecule has 0 aliphatic rings. The zero-order chi connectivity index (χ0) is 21.5. The molecule has 3 aromatic carbocycles. The van der Waals surface area contributed by atoms with Crippen molar-refractivity contribution in [3.63, 3.8) is 0 Å². The lowest BCUT2D eigenvalue weighted by atomic mass is 10.2. The van der Waals surface area contributed by atoms with Crippen LogP contribution in [0, 0.1) is 10.1 Å². The van der Waals surface area contributed by atoms with Crippen LogP contribution in [-0.4, -0.2) is 31.6 Å². The minimum absolute atomic E-state index is 0.0325. The van der Waals surface area contributed by atoms with Gasteiger partial charge in [0.05, 0.1) is 33.8 Å². The minimum Gasteiger partial charge on any atom is -0.495 e. The van der Waals surface area contributed by atoms with Gasteiger partial charge in [0.15, 0.2) is 11.3 Å². The number of rotatable bonds is 4. The lowest BCUT2D eigenvalue weighted by Gasteiger charge is -2.11. The van der Waals surface area contributed by atoms with Crippen molar-refractivity contribution >= 4 is 39.6 Å². The summed E-state index contributed by atoms with van der Waals surface area (Å²) < 4.78 is 7.05. The summed E-state index contributed by atoms with van der Waals surface area (Å²) in [4.78, 5) is 24.9. The lowest BCUT2D eigenvalue weighted by Crippen LogP contribution is -2.00. The van der Waals surface area contributed by atoms with Crippen LogP contribution in [0.3, 0.4) is 0 Å². The molecule has 2 aromatic heterocycles. The largest absolute Gasteiger partial charge is 0.495 e. The van der Waals surface area contributed by atoms with Gasteiger partial charge in [-0.2, -0.15) is 0 Å². The van der Waals surface area contributed by atoms with E-state index in [1.54, 1.807) is 35.9 Å². The topological polar surface area (TPSA) is 96.0 Å². The quantitative estimate of drug-likeness (QED) is 0.286. The Morgan fingerprint density at radius 2 is 1.74 bits per heavy atom. The molecule has 0 atom stereocenters. The van der Waals surface area contributed by atoms with E-state index in [1.807, 2.05) is 30.3 Å². The summed E-state index contributed by atoms with van der Waals surface area (Å²) in [6.07, 6.45) is 0. The van der Waals surface area contributed by atoms with Crippen molar-refractivity contribution in [2.75, 3.05) is 7.11 Å². The molecule has 2 heterocycles. The van der Waals surface area contributed by atoms with Gasteiger partial charge in [-0.05, 0) is 30.3 Å². The van der Waals surface area contributed by atoms with E-state index >= 15 is 0 Å². The number of hydrogen-bond donors (Lipinski definition) is 0. The van der Waals surface area contributed by atoms with Crippen molar-refractivity contribution in [2.24, 2.45) is 0 Å². The zero-order valence-electron chi connectivity index (χ0n) is 16.2. The van der Waals surface area contributed by atoms with E-state index in [0.29, 0.717) is 50.2 Å². The maximum atomic E-state index is 11.3. The van der Waals surface area contributed by atoms with Crippen LogP contribution in [0.15, 0.2) is 66.7 Å². The summed E-state index contributed by atoms with van der Waals surface area (Å²) in [6, 6.07) is 19.1. The van der Waals surface area contributed by atoms with Crippen LogP contribution in [-0.2, 0) is 0 Å². The number of aromatic nitrogens is 4. The van der Waals surface area contributed by atoms with Gasteiger partial charge in [0.25, 0.3) is 5.69 Å². The van der Waals surface area contributed by atoms with Crippen molar-refractivity contribution in [2.45, 2.75) is 0 Å². The van der Waals surface area contributed by atoms with Gasteiger partial charge in [-0.25, -0.2) is 15.0 Å².